The number of carbonyl (C=O) groups is 2. The van der Waals surface area contributed by atoms with Crippen LogP contribution < -0.4 is 10.4 Å². The first-order valence-corrected chi connectivity index (χ1v) is 8.57. The third-order valence-electron chi connectivity index (χ3n) is 3.74. The molecule has 1 heterocycles. The van der Waals surface area contributed by atoms with Gasteiger partial charge in [-0.15, -0.1) is 0 Å². The van der Waals surface area contributed by atoms with Gasteiger partial charge >= 0.3 is 17.6 Å². The summed E-state index contributed by atoms with van der Waals surface area (Å²) in [5, 5.41) is 0.732. The fourth-order valence-electron chi connectivity index (χ4n) is 2.52. The van der Waals surface area contributed by atoms with Crippen molar-refractivity contribution >= 4 is 22.9 Å². The highest BCUT2D eigenvalue weighted by atomic mass is 16.6. The van der Waals surface area contributed by atoms with E-state index in [9.17, 15) is 14.4 Å². The lowest BCUT2D eigenvalue weighted by atomic mass is 10.0. The molecule has 7 nitrogen and oxygen atoms in total. The summed E-state index contributed by atoms with van der Waals surface area (Å²) in [6, 6.07) is 4.73. The molecule has 1 aromatic carbocycles. The van der Waals surface area contributed by atoms with Crippen LogP contribution in [0.25, 0.3) is 11.0 Å². The molecule has 0 unspecified atom stereocenters. The molecule has 0 radical (unpaired) electrons. The van der Waals surface area contributed by atoms with Crippen LogP contribution in [0.4, 0.5) is 0 Å². The summed E-state index contributed by atoms with van der Waals surface area (Å²) >= 11 is 0. The Bertz CT molecular complexity index is 895. The second kappa shape index (κ2) is 9.56. The highest BCUT2D eigenvalue weighted by Gasteiger charge is 2.14. The lowest BCUT2D eigenvalue weighted by Gasteiger charge is -2.13. The monoisotopic (exact) mass is 374 g/mol. The second-order valence-corrected chi connectivity index (χ2v) is 5.77. The van der Waals surface area contributed by atoms with Crippen LogP contribution in [-0.2, 0) is 25.5 Å². The van der Waals surface area contributed by atoms with E-state index in [1.165, 1.54) is 12.1 Å². The molecule has 7 heteroatoms. The quantitative estimate of drug-likeness (QED) is 0.378. The van der Waals surface area contributed by atoms with Crippen LogP contribution in [0.2, 0.25) is 0 Å². The molecule has 2 aromatic rings. The zero-order valence-electron chi connectivity index (χ0n) is 15.4. The van der Waals surface area contributed by atoms with Crippen molar-refractivity contribution < 1.29 is 28.2 Å². The molecule has 0 bridgehead atoms. The minimum Gasteiger partial charge on any atom is -0.481 e. The average Bonchev–Trinajstić information content (AvgIpc) is 2.63. The van der Waals surface area contributed by atoms with E-state index in [1.807, 2.05) is 0 Å². The Hall–Kier alpha value is -3.09. The molecule has 27 heavy (non-hydrogen) atoms. The molecule has 0 atom stereocenters. The van der Waals surface area contributed by atoms with Gasteiger partial charge < -0.3 is 18.6 Å². The fourth-order valence-corrected chi connectivity index (χ4v) is 2.52. The molecule has 0 amide bonds. The van der Waals surface area contributed by atoms with Gasteiger partial charge in [0.05, 0.1) is 6.61 Å². The summed E-state index contributed by atoms with van der Waals surface area (Å²) in [4.78, 5) is 35.0. The van der Waals surface area contributed by atoms with Crippen molar-refractivity contribution in [3.63, 3.8) is 0 Å². The Labute approximate surface area is 156 Å². The minimum absolute atomic E-state index is 0.0870. The summed E-state index contributed by atoms with van der Waals surface area (Å²) in [6.07, 6.45) is 1.97. The van der Waals surface area contributed by atoms with Crippen molar-refractivity contribution in [1.29, 1.82) is 0 Å². The van der Waals surface area contributed by atoms with E-state index in [2.05, 4.69) is 6.58 Å². The largest absolute Gasteiger partial charge is 0.481 e. The van der Waals surface area contributed by atoms with Gasteiger partial charge in [0.15, 0.2) is 6.61 Å². The number of hydrogen-bond donors (Lipinski definition) is 0. The van der Waals surface area contributed by atoms with Crippen LogP contribution in [0.15, 0.2) is 40.1 Å². The van der Waals surface area contributed by atoms with Crippen LogP contribution in [0.1, 0.15) is 24.5 Å². The third kappa shape index (κ3) is 5.70. The van der Waals surface area contributed by atoms with Gasteiger partial charge in [0, 0.05) is 23.9 Å². The second-order valence-electron chi connectivity index (χ2n) is 5.77. The van der Waals surface area contributed by atoms with Crippen LogP contribution in [0, 0.1) is 6.92 Å². The summed E-state index contributed by atoms with van der Waals surface area (Å²) < 4.78 is 20.6. The lowest BCUT2D eigenvalue weighted by Crippen LogP contribution is -2.16. The Morgan fingerprint density at radius 3 is 2.67 bits per heavy atom. The first-order chi connectivity index (χ1) is 12.9. The molecule has 0 aliphatic heterocycles. The first-order valence-electron chi connectivity index (χ1n) is 8.57. The van der Waals surface area contributed by atoms with Crippen molar-refractivity contribution in [3.8, 4) is 5.75 Å². The maximum Gasteiger partial charge on any atom is 0.344 e. The molecule has 0 spiro atoms. The number of ether oxygens (including phenoxy) is 3. The van der Waals surface area contributed by atoms with Crippen LogP contribution in [-0.4, -0.2) is 31.8 Å². The lowest BCUT2D eigenvalue weighted by molar-refractivity contribution is -0.145. The van der Waals surface area contributed by atoms with Crippen molar-refractivity contribution in [2.24, 2.45) is 0 Å². The molecule has 2 rings (SSSR count). The number of carbonyl (C=O) groups excluding carboxylic acids is 2. The van der Waals surface area contributed by atoms with E-state index in [0.29, 0.717) is 29.9 Å². The maximum atomic E-state index is 11.7. The van der Waals surface area contributed by atoms with E-state index in [0.717, 1.165) is 10.9 Å². The van der Waals surface area contributed by atoms with Gasteiger partial charge in [-0.2, -0.15) is 0 Å². The van der Waals surface area contributed by atoms with Crippen molar-refractivity contribution in [3.05, 3.63) is 52.4 Å². The summed E-state index contributed by atoms with van der Waals surface area (Å²) in [5.41, 5.74) is 1.31. The predicted molar refractivity (Wildman–Crippen MR) is 98.8 cm³/mol. The van der Waals surface area contributed by atoms with E-state index in [-0.39, 0.29) is 25.6 Å². The Morgan fingerprint density at radius 2 is 1.96 bits per heavy atom. The molecule has 0 saturated heterocycles. The maximum absolute atomic E-state index is 11.7. The fraction of sp³-hybridized carbons (Fsp3) is 0.350. The predicted octanol–water partition coefficient (Wildman–Crippen LogP) is 2.71. The van der Waals surface area contributed by atoms with Gasteiger partial charge in [-0.3, -0.25) is 4.79 Å². The van der Waals surface area contributed by atoms with Crippen molar-refractivity contribution in [1.82, 2.24) is 0 Å². The summed E-state index contributed by atoms with van der Waals surface area (Å²) in [7, 11) is 0. The minimum atomic E-state index is -0.558. The number of esters is 2. The Morgan fingerprint density at radius 1 is 1.19 bits per heavy atom. The van der Waals surface area contributed by atoms with E-state index in [1.54, 1.807) is 26.0 Å². The summed E-state index contributed by atoms with van der Waals surface area (Å²) in [5.74, 6) is -0.543. The van der Waals surface area contributed by atoms with Crippen LogP contribution >= 0.6 is 0 Å². The number of rotatable bonds is 9. The first kappa shape index (κ1) is 20.2. The number of fused-ring (bicyclic) bond motifs is 1. The van der Waals surface area contributed by atoms with E-state index in [4.69, 9.17) is 18.6 Å². The van der Waals surface area contributed by atoms with Crippen molar-refractivity contribution in [2.75, 3.05) is 19.8 Å². The van der Waals surface area contributed by atoms with Gasteiger partial charge in [0.1, 0.15) is 17.9 Å². The molecule has 0 saturated carbocycles. The zero-order chi connectivity index (χ0) is 19.8. The van der Waals surface area contributed by atoms with Gasteiger partial charge in [0.2, 0.25) is 0 Å². The molecule has 0 fully saturated rings. The van der Waals surface area contributed by atoms with E-state index < -0.39 is 11.6 Å². The average molecular weight is 374 g/mol. The normalized spacial score (nSPS) is 10.4. The molecular weight excluding hydrogens is 352 g/mol. The number of aryl methyl sites for hydroxylation is 2. The van der Waals surface area contributed by atoms with Crippen LogP contribution in [0.5, 0.6) is 5.75 Å². The van der Waals surface area contributed by atoms with Gasteiger partial charge in [-0.1, -0.05) is 12.7 Å². The zero-order valence-corrected chi connectivity index (χ0v) is 15.4. The molecule has 1 aromatic heterocycles. The standard InChI is InChI=1S/C20H22O7/c1-4-8-25-20(23)12-26-16-11-17-15(13(3)9-19(22)27-17)10-14(16)6-7-18(21)24-5-2/h4,9-11H,1,5-8,12H2,2-3H3. The SMILES string of the molecule is C=CCOC(=O)COc1cc2oc(=O)cc(C)c2cc1CCC(=O)OCC. The molecule has 0 N–H and O–H groups in total. The van der Waals surface area contributed by atoms with Gasteiger partial charge in [-0.25, -0.2) is 9.59 Å². The molecule has 0 aliphatic rings. The Balaban J connectivity index is 2.30. The van der Waals surface area contributed by atoms with Gasteiger partial charge in [-0.05, 0) is 37.5 Å². The van der Waals surface area contributed by atoms with Crippen LogP contribution in [0.3, 0.4) is 0 Å². The number of benzene rings is 1. The van der Waals surface area contributed by atoms with Crippen molar-refractivity contribution in [2.45, 2.75) is 26.7 Å². The highest BCUT2D eigenvalue weighted by Crippen LogP contribution is 2.28. The molecule has 144 valence electrons. The molecule has 0 aliphatic carbocycles. The molecular formula is C20H22O7. The highest BCUT2D eigenvalue weighted by molar-refractivity contribution is 5.83. The number of hydrogen-bond acceptors (Lipinski definition) is 7. The third-order valence-corrected chi connectivity index (χ3v) is 3.74. The van der Waals surface area contributed by atoms with E-state index >= 15 is 0 Å². The smallest absolute Gasteiger partial charge is 0.344 e. The van der Waals surface area contributed by atoms with Gasteiger partial charge in [0.25, 0.3) is 0 Å². The Kier molecular flexibility index (Phi) is 7.16. The summed E-state index contributed by atoms with van der Waals surface area (Å²) in [6.45, 7) is 7.07. The topological polar surface area (TPSA) is 92.0 Å².